The van der Waals surface area contributed by atoms with Crippen LogP contribution in [-0.2, 0) is 9.53 Å². The first-order valence-electron chi connectivity index (χ1n) is 7.41. The minimum atomic E-state index is -1.89. The Balaban J connectivity index is 2.31. The quantitative estimate of drug-likeness (QED) is 0.394. The minimum absolute atomic E-state index is 0.177. The van der Waals surface area contributed by atoms with E-state index in [0.717, 1.165) is 0 Å². The zero-order chi connectivity index (χ0) is 19.3. The van der Waals surface area contributed by atoms with Gasteiger partial charge in [0.15, 0.2) is 17.6 Å². The molecule has 1 unspecified atom stereocenters. The average Bonchev–Trinajstić information content (AvgIpc) is 2.59. The third kappa shape index (κ3) is 5.27. The zero-order valence-corrected chi connectivity index (χ0v) is 16.1. The van der Waals surface area contributed by atoms with Gasteiger partial charge in [-0.25, -0.2) is 4.79 Å². The van der Waals surface area contributed by atoms with Crippen LogP contribution in [0.25, 0.3) is 0 Å². The van der Waals surface area contributed by atoms with Gasteiger partial charge in [0.1, 0.15) is 0 Å². The van der Waals surface area contributed by atoms with Crippen LogP contribution in [0, 0.1) is 0 Å². The van der Waals surface area contributed by atoms with Gasteiger partial charge < -0.3 is 14.2 Å². The molecule has 0 aromatic heterocycles. The molecule has 0 aliphatic rings. The van der Waals surface area contributed by atoms with E-state index >= 15 is 0 Å². The molecule has 0 fully saturated rings. The van der Waals surface area contributed by atoms with Crippen molar-refractivity contribution in [3.05, 3.63) is 59.7 Å². The van der Waals surface area contributed by atoms with E-state index in [4.69, 9.17) is 49.0 Å². The molecule has 0 spiro atoms. The molecule has 8 heteroatoms. The van der Waals surface area contributed by atoms with E-state index in [2.05, 4.69) is 0 Å². The highest BCUT2D eigenvalue weighted by Crippen LogP contribution is 2.44. The Labute approximate surface area is 165 Å². The summed E-state index contributed by atoms with van der Waals surface area (Å²) in [4.78, 5) is 23.5. The number of hydrogen-bond acceptors (Lipinski definition) is 5. The fraction of sp³-hybridized carbons (Fsp3) is 0.222. The molecule has 138 valence electrons. The summed E-state index contributed by atoms with van der Waals surface area (Å²) in [6.45, 7) is 1.21. The Morgan fingerprint density at radius 2 is 1.65 bits per heavy atom. The van der Waals surface area contributed by atoms with Gasteiger partial charge in [-0.1, -0.05) is 59.1 Å². The van der Waals surface area contributed by atoms with Crippen LogP contribution in [0.5, 0.6) is 11.5 Å². The topological polar surface area (TPSA) is 61.8 Å². The van der Waals surface area contributed by atoms with Crippen LogP contribution in [0.3, 0.4) is 0 Å². The van der Waals surface area contributed by atoms with Crippen molar-refractivity contribution in [1.29, 1.82) is 0 Å². The third-order valence-corrected chi connectivity index (χ3v) is 3.88. The summed E-state index contributed by atoms with van der Waals surface area (Å²) in [5.74, 6) is -0.761. The fourth-order valence-electron chi connectivity index (χ4n) is 2.15. The van der Waals surface area contributed by atoms with Crippen LogP contribution in [-0.4, -0.2) is 22.8 Å². The lowest BCUT2D eigenvalue weighted by Gasteiger charge is -2.25. The molecule has 2 aromatic carbocycles. The zero-order valence-electron chi connectivity index (χ0n) is 13.9. The predicted octanol–water partition coefficient (Wildman–Crippen LogP) is 4.89. The van der Waals surface area contributed by atoms with Crippen molar-refractivity contribution < 1.29 is 23.8 Å². The number of esters is 2. The smallest absolute Gasteiger partial charge is 0.343 e. The third-order valence-electron chi connectivity index (χ3n) is 3.28. The molecule has 0 amide bonds. The SMILES string of the molecule is COc1cc(C(OC(C)=O)C(Cl)(Cl)Cl)ccc1OC(=O)c1ccccc1. The number of carbonyl (C=O) groups is 2. The molecule has 0 heterocycles. The highest BCUT2D eigenvalue weighted by Gasteiger charge is 2.37. The number of carbonyl (C=O) groups excluding carboxylic acids is 2. The van der Waals surface area contributed by atoms with Gasteiger partial charge in [-0.3, -0.25) is 4.79 Å². The van der Waals surface area contributed by atoms with Crippen molar-refractivity contribution >= 4 is 46.7 Å². The van der Waals surface area contributed by atoms with E-state index in [9.17, 15) is 9.59 Å². The molecule has 0 saturated heterocycles. The molecule has 0 aliphatic carbocycles. The van der Waals surface area contributed by atoms with Crippen molar-refractivity contribution in [3.8, 4) is 11.5 Å². The molecular weight excluding hydrogens is 403 g/mol. The van der Waals surface area contributed by atoms with Gasteiger partial charge in [-0.05, 0) is 24.3 Å². The summed E-state index contributed by atoms with van der Waals surface area (Å²) in [5, 5.41) is 0. The van der Waals surface area contributed by atoms with Crippen LogP contribution in [0.1, 0.15) is 28.9 Å². The van der Waals surface area contributed by atoms with Crippen LogP contribution in [0.2, 0.25) is 0 Å². The van der Waals surface area contributed by atoms with Crippen molar-refractivity contribution in [2.24, 2.45) is 0 Å². The second-order valence-electron chi connectivity index (χ2n) is 5.20. The van der Waals surface area contributed by atoms with Gasteiger partial charge in [-0.15, -0.1) is 0 Å². The van der Waals surface area contributed by atoms with Gasteiger partial charge in [0.05, 0.1) is 12.7 Å². The summed E-state index contributed by atoms with van der Waals surface area (Å²) in [5.41, 5.74) is 0.759. The monoisotopic (exact) mass is 416 g/mol. The maximum absolute atomic E-state index is 12.2. The molecule has 2 aromatic rings. The number of methoxy groups -OCH3 is 1. The summed E-state index contributed by atoms with van der Waals surface area (Å²) in [6, 6.07) is 13.0. The molecule has 26 heavy (non-hydrogen) atoms. The number of rotatable bonds is 5. The maximum atomic E-state index is 12.2. The van der Waals surface area contributed by atoms with Crippen LogP contribution < -0.4 is 9.47 Å². The predicted molar refractivity (Wildman–Crippen MR) is 99.2 cm³/mol. The van der Waals surface area contributed by atoms with Gasteiger partial charge in [-0.2, -0.15) is 0 Å². The molecule has 2 rings (SSSR count). The van der Waals surface area contributed by atoms with Crippen molar-refractivity contribution in [2.75, 3.05) is 7.11 Å². The Bertz CT molecular complexity index is 787. The Kier molecular flexibility index (Phi) is 6.75. The Morgan fingerprint density at radius 1 is 1.00 bits per heavy atom. The minimum Gasteiger partial charge on any atom is -0.493 e. The summed E-state index contributed by atoms with van der Waals surface area (Å²) in [6.07, 6.45) is -1.15. The Hall–Kier alpha value is -1.95. The normalized spacial score (nSPS) is 12.2. The van der Waals surface area contributed by atoms with E-state index in [1.807, 2.05) is 0 Å². The first kappa shape index (κ1) is 20.4. The number of benzene rings is 2. The molecular formula is C18H15Cl3O5. The van der Waals surface area contributed by atoms with Gasteiger partial charge in [0, 0.05) is 12.5 Å². The van der Waals surface area contributed by atoms with Gasteiger partial charge in [0.2, 0.25) is 3.79 Å². The lowest BCUT2D eigenvalue weighted by Crippen LogP contribution is -2.22. The van der Waals surface area contributed by atoms with Gasteiger partial charge in [0.25, 0.3) is 0 Å². The first-order chi connectivity index (χ1) is 12.2. The number of alkyl halides is 3. The molecule has 0 bridgehead atoms. The molecule has 0 saturated carbocycles. The molecule has 1 atom stereocenters. The number of hydrogen-bond donors (Lipinski definition) is 0. The average molecular weight is 418 g/mol. The molecule has 5 nitrogen and oxygen atoms in total. The summed E-state index contributed by atoms with van der Waals surface area (Å²) in [7, 11) is 1.40. The lowest BCUT2D eigenvalue weighted by atomic mass is 10.1. The number of ether oxygens (including phenoxy) is 3. The largest absolute Gasteiger partial charge is 0.493 e. The summed E-state index contributed by atoms with van der Waals surface area (Å²) >= 11 is 17.7. The lowest BCUT2D eigenvalue weighted by molar-refractivity contribution is -0.146. The van der Waals surface area contributed by atoms with E-state index in [1.54, 1.807) is 30.3 Å². The fourth-order valence-corrected chi connectivity index (χ4v) is 2.67. The standard InChI is InChI=1S/C18H15Cl3O5/c1-11(22)25-16(18(19,20)21)13-8-9-14(15(10-13)24-2)26-17(23)12-6-4-3-5-7-12/h3-10,16H,1-2H3. The second-order valence-corrected chi connectivity index (χ2v) is 7.57. The Morgan fingerprint density at radius 3 is 2.19 bits per heavy atom. The van der Waals surface area contributed by atoms with E-state index < -0.39 is 21.8 Å². The van der Waals surface area contributed by atoms with E-state index in [1.165, 1.54) is 32.2 Å². The van der Waals surface area contributed by atoms with Crippen molar-refractivity contribution in [3.63, 3.8) is 0 Å². The van der Waals surface area contributed by atoms with Crippen molar-refractivity contribution in [1.82, 2.24) is 0 Å². The molecule has 0 aliphatic heterocycles. The van der Waals surface area contributed by atoms with Crippen molar-refractivity contribution in [2.45, 2.75) is 16.8 Å². The van der Waals surface area contributed by atoms with E-state index in [0.29, 0.717) is 11.1 Å². The van der Waals surface area contributed by atoms with Crippen LogP contribution in [0.4, 0.5) is 0 Å². The van der Waals surface area contributed by atoms with Crippen LogP contribution >= 0.6 is 34.8 Å². The highest BCUT2D eigenvalue weighted by molar-refractivity contribution is 6.68. The summed E-state index contributed by atoms with van der Waals surface area (Å²) < 4.78 is 13.8. The van der Waals surface area contributed by atoms with Crippen LogP contribution in [0.15, 0.2) is 48.5 Å². The molecule has 0 N–H and O–H groups in total. The maximum Gasteiger partial charge on any atom is 0.343 e. The van der Waals surface area contributed by atoms with Gasteiger partial charge >= 0.3 is 11.9 Å². The molecule has 0 radical (unpaired) electrons. The first-order valence-corrected chi connectivity index (χ1v) is 8.55. The van der Waals surface area contributed by atoms with E-state index in [-0.39, 0.29) is 11.5 Å². The number of halogens is 3. The second kappa shape index (κ2) is 8.62. The highest BCUT2D eigenvalue weighted by atomic mass is 35.6.